The zero-order chi connectivity index (χ0) is 9.42. The summed E-state index contributed by atoms with van der Waals surface area (Å²) in [7, 11) is 0. The summed E-state index contributed by atoms with van der Waals surface area (Å²) < 4.78 is 14.0. The highest BCUT2D eigenvalue weighted by Gasteiger charge is 2.06. The van der Waals surface area contributed by atoms with Crippen LogP contribution in [0.4, 0.5) is 4.39 Å². The van der Waals surface area contributed by atoms with Gasteiger partial charge in [0.15, 0.2) is 0 Å². The summed E-state index contributed by atoms with van der Waals surface area (Å²) in [6.07, 6.45) is 1.54. The van der Waals surface area contributed by atoms with Gasteiger partial charge in [-0.3, -0.25) is 4.79 Å². The van der Waals surface area contributed by atoms with Crippen molar-refractivity contribution in [3.63, 3.8) is 0 Å². The van der Waals surface area contributed by atoms with E-state index < -0.39 is 0 Å². The van der Waals surface area contributed by atoms with Gasteiger partial charge in [0, 0.05) is 18.4 Å². The number of nitrogens with zero attached hydrogens (tertiary/aromatic N) is 2. The number of carbonyl (C=O) groups is 1. The van der Waals surface area contributed by atoms with Gasteiger partial charge in [-0.05, 0) is 12.1 Å². The molecule has 0 N–H and O–H groups in total. The van der Waals surface area contributed by atoms with E-state index in [0.29, 0.717) is 5.52 Å². The van der Waals surface area contributed by atoms with Gasteiger partial charge in [0.1, 0.15) is 5.82 Å². The maximum Gasteiger partial charge on any atom is 0.244 e. The molecular weight excluding hydrogens is 171 g/mol. The number of rotatable bonds is 0. The van der Waals surface area contributed by atoms with E-state index in [1.807, 2.05) is 0 Å². The quantitative estimate of drug-likeness (QED) is 0.616. The summed E-state index contributed by atoms with van der Waals surface area (Å²) >= 11 is 0. The van der Waals surface area contributed by atoms with Gasteiger partial charge < -0.3 is 0 Å². The SMILES string of the molecule is CC(=O)n1ncc2ccc(F)cc21. The second-order valence-electron chi connectivity index (χ2n) is 2.78. The van der Waals surface area contributed by atoms with E-state index in [1.165, 1.54) is 29.9 Å². The lowest BCUT2D eigenvalue weighted by molar-refractivity contribution is 0.0927. The van der Waals surface area contributed by atoms with Gasteiger partial charge in [-0.25, -0.2) is 9.07 Å². The third-order valence-corrected chi connectivity index (χ3v) is 1.83. The zero-order valence-electron chi connectivity index (χ0n) is 6.99. The fourth-order valence-electron chi connectivity index (χ4n) is 1.24. The van der Waals surface area contributed by atoms with Gasteiger partial charge in [0.25, 0.3) is 0 Å². The van der Waals surface area contributed by atoms with Crippen LogP contribution in [0.15, 0.2) is 24.4 Å². The first-order valence-electron chi connectivity index (χ1n) is 3.83. The first-order valence-corrected chi connectivity index (χ1v) is 3.83. The number of hydrogen-bond donors (Lipinski definition) is 0. The van der Waals surface area contributed by atoms with Gasteiger partial charge in [-0.2, -0.15) is 5.10 Å². The third-order valence-electron chi connectivity index (χ3n) is 1.83. The molecule has 2 aromatic rings. The molecule has 0 unspecified atom stereocenters. The molecule has 3 nitrogen and oxygen atoms in total. The van der Waals surface area contributed by atoms with Crippen LogP contribution in [0.1, 0.15) is 11.7 Å². The molecule has 0 aliphatic carbocycles. The number of hydrogen-bond acceptors (Lipinski definition) is 2. The van der Waals surface area contributed by atoms with Crippen LogP contribution in [0, 0.1) is 5.82 Å². The molecule has 0 spiro atoms. The fraction of sp³-hybridized carbons (Fsp3) is 0.111. The molecule has 1 heterocycles. The highest BCUT2D eigenvalue weighted by Crippen LogP contribution is 2.14. The average Bonchev–Trinajstić information content (AvgIpc) is 2.46. The Morgan fingerprint density at radius 1 is 1.54 bits per heavy atom. The Balaban J connectivity index is 2.79. The Bertz CT molecular complexity index is 475. The number of benzene rings is 1. The predicted octanol–water partition coefficient (Wildman–Crippen LogP) is 1.84. The highest BCUT2D eigenvalue weighted by molar-refractivity contribution is 5.89. The second kappa shape index (κ2) is 2.65. The van der Waals surface area contributed by atoms with Gasteiger partial charge in [-0.15, -0.1) is 0 Å². The van der Waals surface area contributed by atoms with E-state index in [1.54, 1.807) is 6.07 Å². The van der Waals surface area contributed by atoms with Crippen molar-refractivity contribution in [1.82, 2.24) is 9.78 Å². The molecule has 0 aliphatic rings. The maximum absolute atomic E-state index is 12.8. The Morgan fingerprint density at radius 3 is 3.00 bits per heavy atom. The van der Waals surface area contributed by atoms with E-state index in [4.69, 9.17) is 0 Å². The maximum atomic E-state index is 12.8. The molecule has 4 heteroatoms. The van der Waals surface area contributed by atoms with Crippen molar-refractivity contribution >= 4 is 16.8 Å². The van der Waals surface area contributed by atoms with Crippen molar-refractivity contribution in [2.75, 3.05) is 0 Å². The molecule has 0 amide bonds. The van der Waals surface area contributed by atoms with Crippen molar-refractivity contribution < 1.29 is 9.18 Å². The van der Waals surface area contributed by atoms with Crippen LogP contribution in [0.25, 0.3) is 10.9 Å². The van der Waals surface area contributed by atoms with Crippen LogP contribution in [0.3, 0.4) is 0 Å². The Kier molecular flexibility index (Phi) is 1.62. The molecule has 0 atom stereocenters. The Morgan fingerprint density at radius 2 is 2.31 bits per heavy atom. The first kappa shape index (κ1) is 7.91. The summed E-state index contributed by atoms with van der Waals surface area (Å²) in [6.45, 7) is 1.39. The minimum atomic E-state index is -0.365. The molecule has 0 saturated heterocycles. The van der Waals surface area contributed by atoms with Crippen molar-refractivity contribution in [2.24, 2.45) is 0 Å². The van der Waals surface area contributed by atoms with Crippen LogP contribution in [-0.4, -0.2) is 15.7 Å². The molecular formula is C9H7FN2O. The molecule has 1 aromatic carbocycles. The topological polar surface area (TPSA) is 34.9 Å². The highest BCUT2D eigenvalue weighted by atomic mass is 19.1. The third kappa shape index (κ3) is 1.20. The van der Waals surface area contributed by atoms with Gasteiger partial charge in [-0.1, -0.05) is 0 Å². The van der Waals surface area contributed by atoms with Crippen LogP contribution in [-0.2, 0) is 0 Å². The molecule has 0 aliphatic heterocycles. The van der Waals surface area contributed by atoms with E-state index in [2.05, 4.69) is 5.10 Å². The zero-order valence-corrected chi connectivity index (χ0v) is 6.99. The minimum Gasteiger partial charge on any atom is -0.273 e. The lowest BCUT2D eigenvalue weighted by Gasteiger charge is -1.95. The molecule has 66 valence electrons. The summed E-state index contributed by atoms with van der Waals surface area (Å²) in [4.78, 5) is 11.0. The van der Waals surface area contributed by atoms with E-state index in [9.17, 15) is 9.18 Å². The number of aromatic nitrogens is 2. The molecule has 0 radical (unpaired) electrons. The Hall–Kier alpha value is -1.71. The van der Waals surface area contributed by atoms with Crippen LogP contribution in [0.2, 0.25) is 0 Å². The first-order chi connectivity index (χ1) is 6.18. The molecule has 0 saturated carbocycles. The van der Waals surface area contributed by atoms with Crippen LogP contribution in [0.5, 0.6) is 0 Å². The van der Waals surface area contributed by atoms with E-state index in [0.717, 1.165) is 5.39 Å². The normalized spacial score (nSPS) is 10.6. The van der Waals surface area contributed by atoms with Gasteiger partial charge >= 0.3 is 0 Å². The largest absolute Gasteiger partial charge is 0.273 e. The van der Waals surface area contributed by atoms with Crippen LogP contribution >= 0.6 is 0 Å². The molecule has 1 aromatic heterocycles. The van der Waals surface area contributed by atoms with E-state index in [-0.39, 0.29) is 11.7 Å². The van der Waals surface area contributed by atoms with Crippen molar-refractivity contribution in [1.29, 1.82) is 0 Å². The molecule has 0 fully saturated rings. The summed E-state index contributed by atoms with van der Waals surface area (Å²) in [5, 5.41) is 4.60. The predicted molar refractivity (Wildman–Crippen MR) is 46.0 cm³/mol. The fourth-order valence-corrected chi connectivity index (χ4v) is 1.24. The minimum absolute atomic E-state index is 0.222. The van der Waals surface area contributed by atoms with Crippen molar-refractivity contribution in [2.45, 2.75) is 6.92 Å². The van der Waals surface area contributed by atoms with Crippen molar-refractivity contribution in [3.8, 4) is 0 Å². The number of fused-ring (bicyclic) bond motifs is 1. The van der Waals surface area contributed by atoms with Crippen molar-refractivity contribution in [3.05, 3.63) is 30.2 Å². The van der Waals surface area contributed by atoms with Gasteiger partial charge in [0.05, 0.1) is 11.7 Å². The number of halogens is 1. The standard InChI is InChI=1S/C9H7FN2O/c1-6(13)12-9-4-8(10)3-2-7(9)5-11-12/h2-5H,1H3. The Labute approximate surface area is 73.8 Å². The lowest BCUT2D eigenvalue weighted by Crippen LogP contribution is -2.06. The second-order valence-corrected chi connectivity index (χ2v) is 2.78. The number of carbonyl (C=O) groups excluding carboxylic acids is 1. The molecule has 13 heavy (non-hydrogen) atoms. The van der Waals surface area contributed by atoms with E-state index >= 15 is 0 Å². The summed E-state index contributed by atoms with van der Waals surface area (Å²) in [5.41, 5.74) is 0.507. The van der Waals surface area contributed by atoms with Crippen LogP contribution < -0.4 is 0 Å². The molecule has 2 rings (SSSR count). The summed E-state index contributed by atoms with van der Waals surface area (Å²) in [5.74, 6) is -0.587. The van der Waals surface area contributed by atoms with Gasteiger partial charge in [0.2, 0.25) is 5.91 Å². The smallest absolute Gasteiger partial charge is 0.244 e. The lowest BCUT2D eigenvalue weighted by atomic mass is 10.2. The summed E-state index contributed by atoms with van der Waals surface area (Å²) in [6, 6.07) is 4.23. The molecule has 0 bridgehead atoms. The average molecular weight is 178 g/mol. The monoisotopic (exact) mass is 178 g/mol.